The van der Waals surface area contributed by atoms with Crippen LogP contribution in [0.3, 0.4) is 0 Å². The van der Waals surface area contributed by atoms with Crippen molar-refractivity contribution < 1.29 is 8.42 Å². The van der Waals surface area contributed by atoms with E-state index in [2.05, 4.69) is 9.71 Å². The Balaban J connectivity index is 2.24. The zero-order valence-corrected chi connectivity index (χ0v) is 10.1. The standard InChI is InChI=1S/C10H15N3O2S/c1-10(2)6-8(10)13-16(14,15)7-4-3-5-12-9(7)11/h3-5,8,13H,6H2,1-2H3,(H2,11,12). The molecule has 1 saturated carbocycles. The van der Waals surface area contributed by atoms with Crippen molar-refractivity contribution in [1.82, 2.24) is 9.71 Å². The Morgan fingerprint density at radius 2 is 2.19 bits per heavy atom. The number of pyridine rings is 1. The lowest BCUT2D eigenvalue weighted by Crippen LogP contribution is -2.29. The number of nitrogen functional groups attached to an aromatic ring is 1. The monoisotopic (exact) mass is 241 g/mol. The molecular weight excluding hydrogens is 226 g/mol. The highest BCUT2D eigenvalue weighted by Crippen LogP contribution is 2.45. The average molecular weight is 241 g/mol. The second-order valence-corrected chi connectivity index (χ2v) is 6.44. The van der Waals surface area contributed by atoms with Gasteiger partial charge in [0, 0.05) is 12.2 Å². The van der Waals surface area contributed by atoms with Crippen molar-refractivity contribution >= 4 is 15.8 Å². The summed E-state index contributed by atoms with van der Waals surface area (Å²) in [6.45, 7) is 4.04. The second-order valence-electron chi connectivity index (χ2n) is 4.75. The molecule has 1 atom stereocenters. The molecule has 1 aliphatic rings. The summed E-state index contributed by atoms with van der Waals surface area (Å²) in [5, 5.41) is 0. The third-order valence-electron chi connectivity index (χ3n) is 2.90. The Morgan fingerprint density at radius 3 is 2.69 bits per heavy atom. The molecule has 1 aromatic rings. The minimum absolute atomic E-state index is 0.00268. The minimum Gasteiger partial charge on any atom is -0.383 e. The largest absolute Gasteiger partial charge is 0.383 e. The summed E-state index contributed by atoms with van der Waals surface area (Å²) in [5.74, 6) is 0.0356. The van der Waals surface area contributed by atoms with Gasteiger partial charge in [-0.2, -0.15) is 0 Å². The number of aromatic nitrogens is 1. The van der Waals surface area contributed by atoms with Crippen LogP contribution in [0.25, 0.3) is 0 Å². The van der Waals surface area contributed by atoms with Gasteiger partial charge in [0.15, 0.2) is 0 Å². The molecule has 0 spiro atoms. The molecule has 88 valence electrons. The highest BCUT2D eigenvalue weighted by atomic mass is 32.2. The zero-order valence-electron chi connectivity index (χ0n) is 9.27. The number of rotatable bonds is 3. The molecule has 2 rings (SSSR count). The molecule has 0 saturated heterocycles. The highest BCUT2D eigenvalue weighted by molar-refractivity contribution is 7.89. The van der Waals surface area contributed by atoms with E-state index >= 15 is 0 Å². The van der Waals surface area contributed by atoms with Crippen molar-refractivity contribution in [2.45, 2.75) is 31.2 Å². The summed E-state index contributed by atoms with van der Waals surface area (Å²) in [6.07, 6.45) is 2.32. The van der Waals surface area contributed by atoms with E-state index in [-0.39, 0.29) is 22.2 Å². The highest BCUT2D eigenvalue weighted by Gasteiger charge is 2.48. The van der Waals surface area contributed by atoms with Gasteiger partial charge in [0.1, 0.15) is 10.7 Å². The summed E-state index contributed by atoms with van der Waals surface area (Å²) < 4.78 is 26.6. The van der Waals surface area contributed by atoms with Crippen LogP contribution in [0.15, 0.2) is 23.2 Å². The number of sulfonamides is 1. The molecule has 0 amide bonds. The Labute approximate surface area is 95.1 Å². The lowest BCUT2D eigenvalue weighted by atomic mass is 10.2. The molecular formula is C10H15N3O2S. The van der Waals surface area contributed by atoms with E-state index in [1.54, 1.807) is 6.07 Å². The minimum atomic E-state index is -3.54. The van der Waals surface area contributed by atoms with Crippen molar-refractivity contribution in [3.05, 3.63) is 18.3 Å². The molecule has 0 aliphatic heterocycles. The molecule has 0 bridgehead atoms. The van der Waals surface area contributed by atoms with Crippen molar-refractivity contribution in [3.8, 4) is 0 Å². The fourth-order valence-electron chi connectivity index (χ4n) is 1.55. The average Bonchev–Trinajstić information content (AvgIpc) is 2.72. The summed E-state index contributed by atoms with van der Waals surface area (Å²) in [4.78, 5) is 3.82. The van der Waals surface area contributed by atoms with Crippen LogP contribution in [0.2, 0.25) is 0 Å². The third-order valence-corrected chi connectivity index (χ3v) is 4.42. The fourth-order valence-corrected chi connectivity index (χ4v) is 3.04. The van der Waals surface area contributed by atoms with Gasteiger partial charge in [-0.05, 0) is 24.0 Å². The molecule has 3 N–H and O–H groups in total. The maximum absolute atomic E-state index is 12.0. The smallest absolute Gasteiger partial charge is 0.244 e. The number of anilines is 1. The zero-order chi connectivity index (χ0) is 12.0. The molecule has 0 radical (unpaired) electrons. The van der Waals surface area contributed by atoms with Gasteiger partial charge in [0.05, 0.1) is 0 Å². The Bertz CT molecular complexity index is 511. The normalized spacial score (nSPS) is 23.0. The maximum Gasteiger partial charge on any atom is 0.244 e. The molecule has 1 heterocycles. The summed E-state index contributed by atoms with van der Waals surface area (Å²) >= 11 is 0. The van der Waals surface area contributed by atoms with Gasteiger partial charge in [-0.1, -0.05) is 13.8 Å². The molecule has 6 heteroatoms. The van der Waals surface area contributed by atoms with Crippen LogP contribution in [0, 0.1) is 5.41 Å². The van der Waals surface area contributed by atoms with Crippen LogP contribution >= 0.6 is 0 Å². The van der Waals surface area contributed by atoms with E-state index in [1.807, 2.05) is 13.8 Å². The predicted octanol–water partition coefficient (Wildman–Crippen LogP) is 0.741. The molecule has 1 aromatic heterocycles. The van der Waals surface area contributed by atoms with Crippen molar-refractivity contribution in [3.63, 3.8) is 0 Å². The van der Waals surface area contributed by atoms with Gasteiger partial charge in [0.2, 0.25) is 10.0 Å². The van der Waals surface area contributed by atoms with Crippen LogP contribution in [-0.2, 0) is 10.0 Å². The van der Waals surface area contributed by atoms with Gasteiger partial charge < -0.3 is 5.73 Å². The van der Waals surface area contributed by atoms with Crippen LogP contribution in [0.5, 0.6) is 0 Å². The van der Waals surface area contributed by atoms with Crippen LogP contribution < -0.4 is 10.5 Å². The number of hydrogen-bond acceptors (Lipinski definition) is 4. The SMILES string of the molecule is CC1(C)CC1NS(=O)(=O)c1cccnc1N. The van der Waals surface area contributed by atoms with E-state index in [9.17, 15) is 8.42 Å². The maximum atomic E-state index is 12.0. The van der Waals surface area contributed by atoms with Crippen LogP contribution in [0.4, 0.5) is 5.82 Å². The van der Waals surface area contributed by atoms with E-state index in [4.69, 9.17) is 5.73 Å². The first-order valence-corrected chi connectivity index (χ1v) is 6.54. The quantitative estimate of drug-likeness (QED) is 0.817. The first kappa shape index (κ1) is 11.3. The third kappa shape index (κ3) is 2.03. The van der Waals surface area contributed by atoms with Gasteiger partial charge >= 0.3 is 0 Å². The number of nitrogens with one attached hydrogen (secondary N) is 1. The van der Waals surface area contributed by atoms with Crippen molar-refractivity contribution in [1.29, 1.82) is 0 Å². The van der Waals surface area contributed by atoms with Crippen molar-refractivity contribution in [2.24, 2.45) is 5.41 Å². The summed E-state index contributed by atoms with van der Waals surface area (Å²) in [6, 6.07) is 3.01. The van der Waals surface area contributed by atoms with Crippen LogP contribution in [0.1, 0.15) is 20.3 Å². The van der Waals surface area contributed by atoms with Gasteiger partial charge in [-0.25, -0.2) is 18.1 Å². The Morgan fingerprint density at radius 1 is 1.56 bits per heavy atom. The topological polar surface area (TPSA) is 85.1 Å². The molecule has 1 aliphatic carbocycles. The van der Waals surface area contributed by atoms with E-state index < -0.39 is 10.0 Å². The lowest BCUT2D eigenvalue weighted by molar-refractivity contribution is 0.555. The molecule has 5 nitrogen and oxygen atoms in total. The molecule has 1 unspecified atom stereocenters. The Hall–Kier alpha value is -1.14. The fraction of sp³-hybridized carbons (Fsp3) is 0.500. The van der Waals surface area contributed by atoms with Gasteiger partial charge in [0.25, 0.3) is 0 Å². The van der Waals surface area contributed by atoms with E-state index in [0.717, 1.165) is 6.42 Å². The number of nitrogens with zero attached hydrogens (tertiary/aromatic N) is 1. The van der Waals surface area contributed by atoms with Crippen molar-refractivity contribution in [2.75, 3.05) is 5.73 Å². The molecule has 1 fully saturated rings. The molecule has 16 heavy (non-hydrogen) atoms. The number of hydrogen-bond donors (Lipinski definition) is 2. The Kier molecular flexibility index (Phi) is 2.43. The predicted molar refractivity (Wildman–Crippen MR) is 61.2 cm³/mol. The first-order chi connectivity index (χ1) is 7.33. The van der Waals surface area contributed by atoms with E-state index in [0.29, 0.717) is 0 Å². The molecule has 0 aromatic carbocycles. The van der Waals surface area contributed by atoms with Gasteiger partial charge in [-0.15, -0.1) is 0 Å². The summed E-state index contributed by atoms with van der Waals surface area (Å²) in [5.41, 5.74) is 5.59. The van der Waals surface area contributed by atoms with Crippen LogP contribution in [-0.4, -0.2) is 19.4 Å². The second kappa shape index (κ2) is 3.43. The van der Waals surface area contributed by atoms with Gasteiger partial charge in [-0.3, -0.25) is 0 Å². The number of nitrogens with two attached hydrogens (primary N) is 1. The lowest BCUT2D eigenvalue weighted by Gasteiger charge is -2.09. The first-order valence-electron chi connectivity index (χ1n) is 5.06. The van der Waals surface area contributed by atoms with E-state index in [1.165, 1.54) is 12.3 Å². The summed E-state index contributed by atoms with van der Waals surface area (Å²) in [7, 11) is -3.54.